The number of nitrogens with zero attached hydrogens (tertiary/aromatic N) is 9. The van der Waals surface area contributed by atoms with Crippen molar-refractivity contribution in [3.63, 3.8) is 0 Å². The number of aliphatic hydroxyl groups is 6. The molecule has 3 heterocycles. The van der Waals surface area contributed by atoms with Crippen LogP contribution in [-0.4, -0.2) is 187 Å². The van der Waals surface area contributed by atoms with Crippen molar-refractivity contribution >= 4 is 0 Å². The van der Waals surface area contributed by atoms with Crippen molar-refractivity contribution in [3.05, 3.63) is 70.6 Å². The molecule has 0 bridgehead atoms. The van der Waals surface area contributed by atoms with Crippen molar-refractivity contribution in [2.75, 3.05) is 19.8 Å². The van der Waals surface area contributed by atoms with Crippen LogP contribution in [0.15, 0.2) is 36.8 Å². The van der Waals surface area contributed by atoms with Crippen molar-refractivity contribution in [2.45, 2.75) is 169 Å². The molecular formula is C42H69N15O9. The fourth-order valence-corrected chi connectivity index (χ4v) is 9.22. The molecule has 0 aliphatic heterocycles. The first kappa shape index (κ1) is 49.9. The van der Waals surface area contributed by atoms with E-state index in [1.54, 1.807) is 14.0 Å². The van der Waals surface area contributed by atoms with E-state index in [2.05, 4.69) is 49.1 Å². The first-order valence-electron chi connectivity index (χ1n) is 22.9. The van der Waals surface area contributed by atoms with Gasteiger partial charge in [0.25, 0.3) is 0 Å². The smallest absolute Gasteiger partial charge is 0.109 e. The van der Waals surface area contributed by atoms with E-state index < -0.39 is 91.2 Å². The molecule has 7 rings (SSSR count). The molecule has 3 aliphatic rings. The van der Waals surface area contributed by atoms with Crippen LogP contribution in [-0.2, 0) is 53.1 Å². The summed E-state index contributed by atoms with van der Waals surface area (Å²) in [6.45, 7) is 2.23. The van der Waals surface area contributed by atoms with E-state index in [-0.39, 0.29) is 0 Å². The van der Waals surface area contributed by atoms with E-state index in [1.165, 1.54) is 0 Å². The Labute approximate surface area is 382 Å². The van der Waals surface area contributed by atoms with E-state index in [9.17, 15) is 30.6 Å². The highest BCUT2D eigenvalue weighted by Crippen LogP contribution is 2.24. The minimum atomic E-state index is -1.15. The molecule has 0 amide bonds. The molecule has 66 heavy (non-hydrogen) atoms. The zero-order chi connectivity index (χ0) is 47.1. The van der Waals surface area contributed by atoms with Gasteiger partial charge in [0.05, 0.1) is 55.0 Å². The highest BCUT2D eigenvalue weighted by atomic mass is 16.5. The van der Waals surface area contributed by atoms with Gasteiger partial charge in [-0.1, -0.05) is 33.8 Å². The molecule has 18 N–H and O–H groups in total. The Balaban J connectivity index is 0.956. The second-order valence-corrected chi connectivity index (χ2v) is 18.3. The van der Waals surface area contributed by atoms with Crippen molar-refractivity contribution < 1.29 is 44.8 Å². The standard InChI is InChI=1S/C42H69N15O9/c43-28-13-31(46)40(37(61)34(28)58)64-7-1-4-25-19-55(52-49-25)16-22-10-23(17-56-20-26(50-53-56)5-2-8-65-41-32(47)14-29(44)35(59)38(41)62)12-24(11-22)18-57-21-27(51-54-57)6-3-9-66-42-33(48)15-30(45)36(60)39(42)63/h10-12,19-21,28-42,58-63H,1-9,13-18,43-48H2/t28-,29-,30-,31+,32+,33+,34+,35+,36+,37-,38-,39-,40-,41-,42?/m1/s1. The summed E-state index contributed by atoms with van der Waals surface area (Å²) in [7, 11) is 0. The lowest BCUT2D eigenvalue weighted by molar-refractivity contribution is -0.127. The molecule has 24 heteroatoms. The number of aromatic nitrogens is 9. The predicted molar refractivity (Wildman–Crippen MR) is 236 cm³/mol. The molecule has 1 unspecified atom stereocenters. The van der Waals surface area contributed by atoms with Gasteiger partial charge >= 0.3 is 0 Å². The molecule has 15 atom stereocenters. The fraction of sp³-hybridized carbons (Fsp3) is 0.714. The molecule has 0 spiro atoms. The molecular weight excluding hydrogens is 859 g/mol. The Kier molecular flexibility index (Phi) is 17.3. The maximum Gasteiger partial charge on any atom is 0.109 e. The number of aryl methyl sites for hydroxylation is 3. The molecule has 3 saturated carbocycles. The Morgan fingerprint density at radius 3 is 0.970 bits per heavy atom. The summed E-state index contributed by atoms with van der Waals surface area (Å²) in [5.41, 5.74) is 41.3. The topological polar surface area (TPSA) is 397 Å². The van der Waals surface area contributed by atoms with Gasteiger partial charge in [-0.05, 0) is 74.5 Å². The summed E-state index contributed by atoms with van der Waals surface area (Å²) in [5, 5.41) is 88.1. The van der Waals surface area contributed by atoms with Crippen molar-refractivity contribution in [1.29, 1.82) is 0 Å². The van der Waals surface area contributed by atoms with Gasteiger partial charge < -0.3 is 79.3 Å². The van der Waals surface area contributed by atoms with Crippen LogP contribution in [0, 0.1) is 0 Å². The van der Waals surface area contributed by atoms with Gasteiger partial charge in [-0.3, -0.25) is 0 Å². The van der Waals surface area contributed by atoms with Crippen LogP contribution in [0.5, 0.6) is 0 Å². The summed E-state index contributed by atoms with van der Waals surface area (Å²) in [6, 6.07) is 3.04. The van der Waals surface area contributed by atoms with E-state index in [0.29, 0.717) is 97.2 Å². The third-order valence-electron chi connectivity index (χ3n) is 12.8. The quantitative estimate of drug-likeness (QED) is 0.0348. The van der Waals surface area contributed by atoms with Crippen molar-refractivity contribution in [3.8, 4) is 0 Å². The lowest BCUT2D eigenvalue weighted by Gasteiger charge is -2.39. The van der Waals surface area contributed by atoms with E-state index in [0.717, 1.165) is 33.8 Å². The van der Waals surface area contributed by atoms with E-state index >= 15 is 0 Å². The third kappa shape index (κ3) is 12.8. The number of benzene rings is 1. The molecule has 24 nitrogen and oxygen atoms in total. The van der Waals surface area contributed by atoms with Crippen molar-refractivity contribution in [2.24, 2.45) is 34.4 Å². The Bertz CT molecular complexity index is 1870. The molecule has 3 fully saturated rings. The highest BCUT2D eigenvalue weighted by Gasteiger charge is 2.43. The van der Waals surface area contributed by atoms with Gasteiger partial charge in [-0.15, -0.1) is 15.3 Å². The second-order valence-electron chi connectivity index (χ2n) is 18.3. The normalized spacial score (nSPS) is 32.8. The Morgan fingerprint density at radius 1 is 0.424 bits per heavy atom. The first-order valence-corrected chi connectivity index (χ1v) is 22.9. The van der Waals surface area contributed by atoms with Crippen LogP contribution in [0.25, 0.3) is 0 Å². The molecule has 4 aromatic rings. The maximum absolute atomic E-state index is 10.4. The minimum Gasteiger partial charge on any atom is -0.389 e. The molecule has 1 aromatic carbocycles. The zero-order valence-electron chi connectivity index (χ0n) is 37.1. The summed E-state index contributed by atoms with van der Waals surface area (Å²) in [5.74, 6) is 0. The van der Waals surface area contributed by atoms with Gasteiger partial charge in [0, 0.05) is 74.7 Å². The second kappa shape index (κ2) is 22.9. The zero-order valence-corrected chi connectivity index (χ0v) is 37.1. The summed E-state index contributed by atoms with van der Waals surface area (Å²) in [4.78, 5) is 0. The lowest BCUT2D eigenvalue weighted by atomic mass is 9.85. The summed E-state index contributed by atoms with van der Waals surface area (Å²) in [6.07, 6.45) is 1.41. The molecule has 3 aromatic heterocycles. The number of ether oxygens (including phenoxy) is 3. The molecule has 3 aliphatic carbocycles. The predicted octanol–water partition coefficient (Wildman–Crippen LogP) is -5.10. The lowest BCUT2D eigenvalue weighted by Crippen LogP contribution is -2.62. The van der Waals surface area contributed by atoms with Crippen molar-refractivity contribution in [1.82, 2.24) is 45.0 Å². The summed E-state index contributed by atoms with van der Waals surface area (Å²) >= 11 is 0. The van der Waals surface area contributed by atoms with Gasteiger partial charge in [0.1, 0.15) is 36.6 Å². The number of nitrogens with two attached hydrogens (primary N) is 6. The van der Waals surface area contributed by atoms with Gasteiger partial charge in [0.2, 0.25) is 0 Å². The maximum atomic E-state index is 10.4. The van der Waals surface area contributed by atoms with Gasteiger partial charge in [-0.25, -0.2) is 14.0 Å². The molecule has 0 radical (unpaired) electrons. The van der Waals surface area contributed by atoms with Crippen LogP contribution in [0.1, 0.15) is 72.3 Å². The van der Waals surface area contributed by atoms with Crippen LogP contribution in [0.2, 0.25) is 0 Å². The highest BCUT2D eigenvalue weighted by molar-refractivity contribution is 5.31. The third-order valence-corrected chi connectivity index (χ3v) is 12.8. The average molecular weight is 928 g/mol. The number of hydrogen-bond acceptors (Lipinski definition) is 21. The van der Waals surface area contributed by atoms with Crippen LogP contribution < -0.4 is 34.4 Å². The Hall–Kier alpha value is -3.96. The average Bonchev–Trinajstić information content (AvgIpc) is 4.05. The van der Waals surface area contributed by atoms with Crippen LogP contribution >= 0.6 is 0 Å². The van der Waals surface area contributed by atoms with Gasteiger partial charge in [0.15, 0.2) is 0 Å². The van der Waals surface area contributed by atoms with E-state index in [4.69, 9.17) is 48.6 Å². The fourth-order valence-electron chi connectivity index (χ4n) is 9.22. The Morgan fingerprint density at radius 2 is 0.697 bits per heavy atom. The SMILES string of the molecule is N[C@@H]1C[C@H](N)[C@@H](OCCCc2cn(Cc3cc(Cn4cc(CCCOC5[C@@H](N)C[C@@H](N)[C@H](O)[C@H]5O)nn4)cc(Cn4cc(CCCO[C@H]5[C@H](O)[C@@H](O)[C@H](N)C[C@@H]5N)nn4)c3)nn2)[C@H](O)[C@H]1O. The first-order chi connectivity index (χ1) is 31.6. The van der Waals surface area contributed by atoms with Crippen LogP contribution in [0.4, 0.5) is 0 Å². The monoisotopic (exact) mass is 928 g/mol. The van der Waals surface area contributed by atoms with E-state index in [1.807, 2.05) is 18.6 Å². The van der Waals surface area contributed by atoms with Gasteiger partial charge in [-0.2, -0.15) is 0 Å². The molecule has 0 saturated heterocycles. The minimum absolute atomic E-state index is 0.311. The number of hydrogen-bond donors (Lipinski definition) is 12. The van der Waals surface area contributed by atoms with Crippen LogP contribution in [0.3, 0.4) is 0 Å². The number of aliphatic hydroxyl groups excluding tert-OH is 6. The molecule has 366 valence electrons. The summed E-state index contributed by atoms with van der Waals surface area (Å²) < 4.78 is 22.9. The number of rotatable bonds is 21. The largest absolute Gasteiger partial charge is 0.389 e.